The Hall–Kier alpha value is -0.195. The third-order valence-electron chi connectivity index (χ3n) is 0.998. The molecule has 0 atom stereocenters. The molecule has 72 valence electrons. The Kier molecular flexibility index (Phi) is 25.3. The number of allylic oxidation sites excluding steroid dienone is 2. The molecule has 0 saturated carbocycles. The van der Waals surface area contributed by atoms with Gasteiger partial charge in [0, 0.05) is 0 Å². The molecule has 0 aliphatic rings. The minimum absolute atomic E-state index is 0.810. The first-order chi connectivity index (χ1) is 5.63. The van der Waals surface area contributed by atoms with E-state index in [4.69, 9.17) is 0 Å². The fourth-order valence-electron chi connectivity index (χ4n) is 0.471. The van der Waals surface area contributed by atoms with Crippen molar-refractivity contribution >= 4 is 7.85 Å². The quantitative estimate of drug-likeness (QED) is 0.427. The van der Waals surface area contributed by atoms with Gasteiger partial charge < -0.3 is 0 Å². The molecule has 0 heterocycles. The highest BCUT2D eigenvalue weighted by Crippen LogP contribution is 2.02. The maximum atomic E-state index is 4.50. The molecule has 0 aromatic rings. The summed E-state index contributed by atoms with van der Waals surface area (Å²) in [6.45, 7) is 14.3. The van der Waals surface area contributed by atoms with Crippen LogP contribution in [-0.2, 0) is 0 Å². The van der Waals surface area contributed by atoms with E-state index < -0.39 is 0 Å². The third-order valence-corrected chi connectivity index (χ3v) is 0.998. The SMILES string of the molecule is CC.CC(C)=CCC(C)C.[B]C. The van der Waals surface area contributed by atoms with E-state index in [0.717, 1.165) is 5.92 Å². The summed E-state index contributed by atoms with van der Waals surface area (Å²) in [4.78, 5) is 0. The molecule has 0 unspecified atom stereocenters. The van der Waals surface area contributed by atoms with Gasteiger partial charge in [0.2, 0.25) is 0 Å². The number of hydrogen-bond acceptors (Lipinski definition) is 0. The van der Waals surface area contributed by atoms with E-state index in [1.54, 1.807) is 0 Å². The minimum Gasteiger partial charge on any atom is -0.0999 e. The number of hydrogen-bond donors (Lipinski definition) is 0. The zero-order valence-electron chi connectivity index (χ0n) is 9.94. The minimum atomic E-state index is 0.810. The van der Waals surface area contributed by atoms with Gasteiger partial charge in [0.15, 0.2) is 0 Å². The number of rotatable bonds is 2. The summed E-state index contributed by atoms with van der Waals surface area (Å²) in [5.74, 6) is 0.810. The van der Waals surface area contributed by atoms with Crippen molar-refractivity contribution in [2.24, 2.45) is 5.92 Å². The summed E-state index contributed by atoms with van der Waals surface area (Å²) < 4.78 is 0. The van der Waals surface area contributed by atoms with Crippen LogP contribution in [0.5, 0.6) is 0 Å². The van der Waals surface area contributed by atoms with Crippen LogP contribution in [0.25, 0.3) is 0 Å². The van der Waals surface area contributed by atoms with E-state index in [2.05, 4.69) is 41.6 Å². The van der Waals surface area contributed by atoms with Gasteiger partial charge in [-0.25, -0.2) is 0 Å². The summed E-state index contributed by atoms with van der Waals surface area (Å²) in [5, 5.41) is 0. The van der Waals surface area contributed by atoms with Crippen molar-refractivity contribution < 1.29 is 0 Å². The molecule has 0 rings (SSSR count). The molecule has 0 spiro atoms. The van der Waals surface area contributed by atoms with Crippen LogP contribution >= 0.6 is 0 Å². The van der Waals surface area contributed by atoms with Crippen LogP contribution in [0.4, 0.5) is 0 Å². The van der Waals surface area contributed by atoms with E-state index in [1.807, 2.05) is 13.8 Å². The molecule has 0 aliphatic carbocycles. The molecule has 0 saturated heterocycles. The molecule has 0 aromatic carbocycles. The van der Waals surface area contributed by atoms with E-state index >= 15 is 0 Å². The normalized spacial score (nSPS) is 7.33. The first-order valence-electron chi connectivity index (χ1n) is 4.84. The molecule has 2 radical (unpaired) electrons. The Morgan fingerprint density at radius 1 is 1.17 bits per heavy atom. The van der Waals surface area contributed by atoms with Crippen molar-refractivity contribution in [2.75, 3.05) is 0 Å². The van der Waals surface area contributed by atoms with Crippen LogP contribution in [-0.4, -0.2) is 7.85 Å². The average molecular weight is 168 g/mol. The van der Waals surface area contributed by atoms with Crippen LogP contribution in [0.15, 0.2) is 11.6 Å². The monoisotopic (exact) mass is 168 g/mol. The molecular weight excluding hydrogens is 143 g/mol. The van der Waals surface area contributed by atoms with E-state index in [0.29, 0.717) is 0 Å². The third kappa shape index (κ3) is 32.9. The van der Waals surface area contributed by atoms with Gasteiger partial charge in [-0.3, -0.25) is 0 Å². The lowest BCUT2D eigenvalue weighted by molar-refractivity contribution is 0.661. The van der Waals surface area contributed by atoms with Crippen LogP contribution in [0.2, 0.25) is 6.82 Å². The smallest absolute Gasteiger partial charge is 0.0606 e. The van der Waals surface area contributed by atoms with Gasteiger partial charge in [-0.05, 0) is 26.2 Å². The van der Waals surface area contributed by atoms with Crippen LogP contribution in [0.3, 0.4) is 0 Å². The highest BCUT2D eigenvalue weighted by molar-refractivity contribution is 6.05. The van der Waals surface area contributed by atoms with E-state index in [9.17, 15) is 0 Å². The molecule has 0 amide bonds. The van der Waals surface area contributed by atoms with Crippen molar-refractivity contribution in [3.05, 3.63) is 11.6 Å². The lowest BCUT2D eigenvalue weighted by Gasteiger charge is -1.96. The van der Waals surface area contributed by atoms with Crippen molar-refractivity contribution in [3.8, 4) is 0 Å². The van der Waals surface area contributed by atoms with Crippen molar-refractivity contribution in [1.29, 1.82) is 0 Å². The second-order valence-corrected chi connectivity index (χ2v) is 2.91. The standard InChI is InChI=1S/C8H16.C2H6.CH3B/c1-7(2)5-6-8(3)4;2*1-2/h5,8H,6H2,1-4H3;1-2H3;1H3. The molecular formula is C11H25B. The van der Waals surface area contributed by atoms with Gasteiger partial charge >= 0.3 is 0 Å². The molecule has 0 aliphatic heterocycles. The zero-order chi connectivity index (χ0) is 10.6. The van der Waals surface area contributed by atoms with Gasteiger partial charge in [0.05, 0.1) is 7.85 Å². The summed E-state index contributed by atoms with van der Waals surface area (Å²) in [6, 6.07) is 0. The summed E-state index contributed by atoms with van der Waals surface area (Å²) in [5.41, 5.74) is 1.43. The Balaban J connectivity index is -0.000000175. The molecule has 0 nitrogen and oxygen atoms in total. The van der Waals surface area contributed by atoms with E-state index in [-0.39, 0.29) is 0 Å². The molecule has 0 fully saturated rings. The average Bonchev–Trinajstić information content (AvgIpc) is 2.08. The summed E-state index contributed by atoms with van der Waals surface area (Å²) >= 11 is 0. The van der Waals surface area contributed by atoms with Gasteiger partial charge in [-0.2, -0.15) is 0 Å². The molecule has 0 aromatic heterocycles. The second-order valence-electron chi connectivity index (χ2n) is 2.91. The van der Waals surface area contributed by atoms with Crippen LogP contribution in [0.1, 0.15) is 48.0 Å². The molecule has 12 heavy (non-hydrogen) atoms. The predicted octanol–water partition coefficient (Wildman–Crippen LogP) is 4.23. The van der Waals surface area contributed by atoms with Gasteiger partial charge in [0.1, 0.15) is 0 Å². The maximum absolute atomic E-state index is 4.50. The highest BCUT2D eigenvalue weighted by Gasteiger charge is 1.86. The molecule has 0 N–H and O–H groups in total. The van der Waals surface area contributed by atoms with Gasteiger partial charge in [-0.1, -0.05) is 46.2 Å². The molecule has 1 heteroatoms. The van der Waals surface area contributed by atoms with Crippen molar-refractivity contribution in [2.45, 2.75) is 54.8 Å². The van der Waals surface area contributed by atoms with Crippen molar-refractivity contribution in [3.63, 3.8) is 0 Å². The Bertz CT molecular complexity index is 79.0. The fourth-order valence-corrected chi connectivity index (χ4v) is 0.471. The maximum Gasteiger partial charge on any atom is 0.0606 e. The summed E-state index contributed by atoms with van der Waals surface area (Å²) in [7, 11) is 4.50. The lowest BCUT2D eigenvalue weighted by atomic mass is 10.1. The lowest BCUT2D eigenvalue weighted by Crippen LogP contribution is -1.81. The topological polar surface area (TPSA) is 0 Å². The Morgan fingerprint density at radius 2 is 1.50 bits per heavy atom. The second kappa shape index (κ2) is 17.1. The highest BCUT2D eigenvalue weighted by atomic mass is 13.9. The Morgan fingerprint density at radius 3 is 1.58 bits per heavy atom. The molecule has 0 bridgehead atoms. The van der Waals surface area contributed by atoms with Crippen molar-refractivity contribution in [1.82, 2.24) is 0 Å². The first kappa shape index (κ1) is 17.8. The Labute approximate surface area is 80.9 Å². The predicted molar refractivity (Wildman–Crippen MR) is 61.9 cm³/mol. The van der Waals surface area contributed by atoms with Crippen LogP contribution in [0, 0.1) is 5.92 Å². The largest absolute Gasteiger partial charge is 0.0999 e. The fraction of sp³-hybridized carbons (Fsp3) is 0.818. The van der Waals surface area contributed by atoms with Gasteiger partial charge in [-0.15, -0.1) is 0 Å². The summed E-state index contributed by atoms with van der Waals surface area (Å²) in [6.07, 6.45) is 3.51. The first-order valence-corrected chi connectivity index (χ1v) is 4.84. The van der Waals surface area contributed by atoms with Crippen LogP contribution < -0.4 is 0 Å². The van der Waals surface area contributed by atoms with E-state index in [1.165, 1.54) is 18.8 Å². The van der Waals surface area contributed by atoms with Gasteiger partial charge in [0.25, 0.3) is 0 Å². The zero-order valence-corrected chi connectivity index (χ0v) is 9.94.